The molecule has 5 nitrogen and oxygen atoms in total. The maximum atomic E-state index is 10.9. The Hall–Kier alpha value is -6.20. The monoisotopic (exact) mass is 580 g/mol. The first-order valence-electron chi connectivity index (χ1n) is 14.9. The van der Waals surface area contributed by atoms with Gasteiger partial charge in [0.2, 0.25) is 0 Å². The Balaban J connectivity index is 1.39. The molecule has 45 heavy (non-hydrogen) atoms. The number of phenols is 1. The fourth-order valence-corrected chi connectivity index (χ4v) is 6.06. The van der Waals surface area contributed by atoms with Crippen molar-refractivity contribution >= 4 is 39.1 Å². The summed E-state index contributed by atoms with van der Waals surface area (Å²) in [4.78, 5) is 12.2. The molecule has 0 aliphatic rings. The highest BCUT2D eigenvalue weighted by molar-refractivity contribution is 6.08. The number of benzene rings is 5. The van der Waals surface area contributed by atoms with Crippen LogP contribution in [0.1, 0.15) is 0 Å². The number of nitrogens with zero attached hydrogens (tertiary/aromatic N) is 4. The van der Waals surface area contributed by atoms with Crippen LogP contribution in [-0.2, 0) is 0 Å². The molecule has 3 heterocycles. The predicted molar refractivity (Wildman–Crippen MR) is 184 cm³/mol. The Bertz CT molecular complexity index is 2240. The molecule has 5 heteroatoms. The Kier molecular flexibility index (Phi) is 6.54. The van der Waals surface area contributed by atoms with Crippen LogP contribution in [0.4, 0.5) is 17.2 Å². The van der Waals surface area contributed by atoms with Crippen molar-refractivity contribution in [2.24, 2.45) is 0 Å². The average molecular weight is 581 g/mol. The standard InChI is InChI=1S/C40H28N4O/c45-38-20-10-9-19-37(38)44-36-18-8-7-17-33(36)34-22-23-35(42-40(34)44)30-25-29(28-13-3-1-4-14-28)26-32(27-30)43(31-15-5-2-6-16-31)39-21-11-12-24-41-39/h1-27,45H. The SMILES string of the molecule is Oc1ccccc1-n1c2ccccc2c2ccc(-c3cc(-c4ccccc4)cc(N(c4ccccc4)c4ccccn4)c3)nc21. The lowest BCUT2D eigenvalue weighted by Crippen LogP contribution is -2.11. The quantitative estimate of drug-likeness (QED) is 0.213. The Morgan fingerprint density at radius 1 is 0.533 bits per heavy atom. The van der Waals surface area contributed by atoms with Gasteiger partial charge in [-0.05, 0) is 83.9 Å². The molecule has 3 aromatic heterocycles. The fraction of sp³-hybridized carbons (Fsp3) is 0. The smallest absolute Gasteiger partial charge is 0.146 e. The van der Waals surface area contributed by atoms with Crippen LogP contribution in [0.3, 0.4) is 0 Å². The number of rotatable bonds is 6. The van der Waals surface area contributed by atoms with Gasteiger partial charge in [-0.1, -0.05) is 84.9 Å². The van der Waals surface area contributed by atoms with Crippen LogP contribution >= 0.6 is 0 Å². The van der Waals surface area contributed by atoms with Crippen molar-refractivity contribution in [1.82, 2.24) is 14.5 Å². The first-order valence-corrected chi connectivity index (χ1v) is 14.9. The summed E-state index contributed by atoms with van der Waals surface area (Å²) in [7, 11) is 0. The zero-order valence-electron chi connectivity index (χ0n) is 24.3. The zero-order valence-corrected chi connectivity index (χ0v) is 24.3. The van der Waals surface area contributed by atoms with Gasteiger partial charge < -0.3 is 5.11 Å². The van der Waals surface area contributed by atoms with Crippen molar-refractivity contribution < 1.29 is 5.11 Å². The molecule has 0 atom stereocenters. The molecular weight excluding hydrogens is 552 g/mol. The van der Waals surface area contributed by atoms with Crippen LogP contribution in [0.15, 0.2) is 164 Å². The summed E-state index contributed by atoms with van der Waals surface area (Å²) in [6.45, 7) is 0. The third-order valence-electron chi connectivity index (χ3n) is 8.12. The van der Waals surface area contributed by atoms with Crippen LogP contribution < -0.4 is 4.90 Å². The van der Waals surface area contributed by atoms with Crippen LogP contribution in [0, 0.1) is 0 Å². The second kappa shape index (κ2) is 11.1. The normalized spacial score (nSPS) is 11.2. The first-order chi connectivity index (χ1) is 22.2. The number of aromatic hydroxyl groups is 1. The molecule has 8 aromatic rings. The second-order valence-corrected chi connectivity index (χ2v) is 10.9. The van der Waals surface area contributed by atoms with Gasteiger partial charge >= 0.3 is 0 Å². The molecular formula is C40H28N4O. The summed E-state index contributed by atoms with van der Waals surface area (Å²) in [5.74, 6) is 1.03. The van der Waals surface area contributed by atoms with Gasteiger partial charge in [-0.3, -0.25) is 9.47 Å². The van der Waals surface area contributed by atoms with E-state index in [-0.39, 0.29) is 5.75 Å². The molecule has 0 bridgehead atoms. The molecule has 214 valence electrons. The van der Waals surface area contributed by atoms with E-state index in [0.29, 0.717) is 5.69 Å². The van der Waals surface area contributed by atoms with Crippen molar-refractivity contribution in [3.8, 4) is 33.8 Å². The minimum Gasteiger partial charge on any atom is -0.506 e. The third-order valence-corrected chi connectivity index (χ3v) is 8.12. The first kappa shape index (κ1) is 26.4. The van der Waals surface area contributed by atoms with Gasteiger partial charge in [-0.15, -0.1) is 0 Å². The van der Waals surface area contributed by atoms with E-state index < -0.39 is 0 Å². The topological polar surface area (TPSA) is 54.2 Å². The number of hydrogen-bond donors (Lipinski definition) is 1. The van der Waals surface area contributed by atoms with Gasteiger partial charge in [-0.25, -0.2) is 9.97 Å². The average Bonchev–Trinajstić information content (AvgIpc) is 3.43. The summed E-state index contributed by atoms with van der Waals surface area (Å²) in [6.07, 6.45) is 1.82. The summed E-state index contributed by atoms with van der Waals surface area (Å²) >= 11 is 0. The largest absolute Gasteiger partial charge is 0.506 e. The van der Waals surface area contributed by atoms with Crippen molar-refractivity contribution in [3.05, 3.63) is 164 Å². The number of phenolic OH excluding ortho intramolecular Hbond substituents is 1. The summed E-state index contributed by atoms with van der Waals surface area (Å²) < 4.78 is 2.05. The molecule has 0 aliphatic heterocycles. The van der Waals surface area contributed by atoms with E-state index in [0.717, 1.165) is 61.5 Å². The number of hydrogen-bond acceptors (Lipinski definition) is 4. The van der Waals surface area contributed by atoms with Crippen LogP contribution in [0.2, 0.25) is 0 Å². The minimum atomic E-state index is 0.203. The molecule has 0 radical (unpaired) electrons. The predicted octanol–water partition coefficient (Wildman–Crippen LogP) is 10.1. The van der Waals surface area contributed by atoms with E-state index in [2.05, 4.69) is 88.3 Å². The van der Waals surface area contributed by atoms with E-state index >= 15 is 0 Å². The number of aromatic nitrogens is 3. The summed E-state index contributed by atoms with van der Waals surface area (Å²) in [5.41, 5.74) is 8.43. The Labute approximate surface area is 260 Å². The zero-order chi connectivity index (χ0) is 30.2. The van der Waals surface area contributed by atoms with Gasteiger partial charge in [0.15, 0.2) is 0 Å². The molecule has 0 amide bonds. The fourth-order valence-electron chi connectivity index (χ4n) is 6.06. The third kappa shape index (κ3) is 4.77. The molecule has 0 unspecified atom stereocenters. The van der Waals surface area contributed by atoms with Gasteiger partial charge in [-0.2, -0.15) is 0 Å². The highest BCUT2D eigenvalue weighted by Crippen LogP contribution is 2.40. The molecule has 0 saturated heterocycles. The van der Waals surface area contributed by atoms with Crippen molar-refractivity contribution in [1.29, 1.82) is 0 Å². The highest BCUT2D eigenvalue weighted by atomic mass is 16.3. The van der Waals surface area contributed by atoms with E-state index in [1.54, 1.807) is 6.07 Å². The van der Waals surface area contributed by atoms with Gasteiger partial charge in [0, 0.05) is 33.9 Å². The van der Waals surface area contributed by atoms with E-state index in [1.807, 2.05) is 79.0 Å². The van der Waals surface area contributed by atoms with E-state index in [1.165, 1.54) is 0 Å². The molecule has 8 rings (SSSR count). The van der Waals surface area contributed by atoms with Crippen molar-refractivity contribution in [2.45, 2.75) is 0 Å². The molecule has 0 saturated carbocycles. The van der Waals surface area contributed by atoms with Crippen LogP contribution in [0.5, 0.6) is 5.75 Å². The lowest BCUT2D eigenvalue weighted by Gasteiger charge is -2.25. The minimum absolute atomic E-state index is 0.203. The molecule has 1 N–H and O–H groups in total. The summed E-state index contributed by atoms with van der Waals surface area (Å²) in [5, 5.41) is 13.0. The van der Waals surface area contributed by atoms with Gasteiger partial charge in [0.25, 0.3) is 0 Å². The van der Waals surface area contributed by atoms with E-state index in [9.17, 15) is 5.11 Å². The second-order valence-electron chi connectivity index (χ2n) is 10.9. The lowest BCUT2D eigenvalue weighted by atomic mass is 9.99. The Morgan fingerprint density at radius 2 is 1.24 bits per heavy atom. The number of para-hydroxylation sites is 4. The molecule has 0 aliphatic carbocycles. The maximum absolute atomic E-state index is 10.9. The number of fused-ring (bicyclic) bond motifs is 3. The maximum Gasteiger partial charge on any atom is 0.146 e. The Morgan fingerprint density at radius 3 is 2.04 bits per heavy atom. The van der Waals surface area contributed by atoms with E-state index in [4.69, 9.17) is 9.97 Å². The van der Waals surface area contributed by atoms with Crippen molar-refractivity contribution in [3.63, 3.8) is 0 Å². The molecule has 5 aromatic carbocycles. The van der Waals surface area contributed by atoms with Gasteiger partial charge in [0.1, 0.15) is 17.2 Å². The summed E-state index contributed by atoms with van der Waals surface area (Å²) in [6, 6.07) is 53.1. The van der Waals surface area contributed by atoms with Crippen molar-refractivity contribution in [2.75, 3.05) is 4.90 Å². The number of pyridine rings is 2. The molecule has 0 spiro atoms. The van der Waals surface area contributed by atoms with Crippen LogP contribution in [0.25, 0.3) is 50.0 Å². The lowest BCUT2D eigenvalue weighted by molar-refractivity contribution is 0.473. The molecule has 0 fully saturated rings. The highest BCUT2D eigenvalue weighted by Gasteiger charge is 2.19. The number of anilines is 3. The van der Waals surface area contributed by atoms with Crippen LogP contribution in [-0.4, -0.2) is 19.6 Å². The van der Waals surface area contributed by atoms with Gasteiger partial charge in [0.05, 0.1) is 16.9 Å².